The van der Waals surface area contributed by atoms with Gasteiger partial charge in [0.2, 0.25) is 11.2 Å². The molecule has 0 fully saturated rings. The lowest BCUT2D eigenvalue weighted by Crippen LogP contribution is -2.15. The third-order valence-electron chi connectivity index (χ3n) is 3.03. The molecule has 2 aromatic rings. The molecule has 110 valence electrons. The molecule has 2 heterocycles. The van der Waals surface area contributed by atoms with Crippen LogP contribution in [0.4, 0.5) is 5.95 Å². The van der Waals surface area contributed by atoms with Crippen molar-refractivity contribution < 1.29 is 9.47 Å². The van der Waals surface area contributed by atoms with Gasteiger partial charge in [0.25, 0.3) is 0 Å². The molecule has 0 saturated carbocycles. The summed E-state index contributed by atoms with van der Waals surface area (Å²) < 4.78 is 11.0. The number of hydrogen-bond donors (Lipinski definition) is 1. The average molecular weight is 307 g/mol. The maximum Gasteiger partial charge on any atom is 0.322 e. The van der Waals surface area contributed by atoms with E-state index in [-0.39, 0.29) is 17.3 Å². The van der Waals surface area contributed by atoms with Crippen molar-refractivity contribution in [2.75, 3.05) is 18.5 Å². The van der Waals surface area contributed by atoms with E-state index in [0.717, 1.165) is 17.7 Å². The van der Waals surface area contributed by atoms with Gasteiger partial charge in [0.15, 0.2) is 0 Å². The molecule has 0 radical (unpaired) electrons. The summed E-state index contributed by atoms with van der Waals surface area (Å²) in [5.74, 6) is 1.25. The molecule has 0 spiro atoms. The number of hydrogen-bond acceptors (Lipinski definition) is 6. The highest BCUT2D eigenvalue weighted by Gasteiger charge is 2.24. The number of halogens is 1. The van der Waals surface area contributed by atoms with Gasteiger partial charge >= 0.3 is 6.01 Å². The Kier molecular flexibility index (Phi) is 4.06. The highest BCUT2D eigenvalue weighted by atomic mass is 35.5. The molecule has 6 nitrogen and oxygen atoms in total. The molecule has 0 aliphatic carbocycles. The van der Waals surface area contributed by atoms with Crippen molar-refractivity contribution in [1.29, 1.82) is 0 Å². The standard InChI is InChI=1S/C14H15ClN4O2/c1-2-7-20-14-18-12(15)17-13(19-14)16-10-8-21-11-6-4-3-5-9(10)11/h3-6,10H,2,7-8H2,1H3,(H,16,17,18,19). The average Bonchev–Trinajstić information content (AvgIpc) is 2.88. The van der Waals surface area contributed by atoms with E-state index in [9.17, 15) is 0 Å². The van der Waals surface area contributed by atoms with E-state index >= 15 is 0 Å². The first-order valence-electron chi connectivity index (χ1n) is 6.79. The number of benzene rings is 1. The Hall–Kier alpha value is -2.08. The molecule has 1 aromatic carbocycles. The van der Waals surface area contributed by atoms with E-state index in [4.69, 9.17) is 21.1 Å². The zero-order valence-corrected chi connectivity index (χ0v) is 12.3. The van der Waals surface area contributed by atoms with Gasteiger partial charge in [-0.25, -0.2) is 0 Å². The predicted molar refractivity (Wildman–Crippen MR) is 78.9 cm³/mol. The van der Waals surface area contributed by atoms with Crippen LogP contribution in [-0.2, 0) is 0 Å². The predicted octanol–water partition coefficient (Wildman–Crippen LogP) is 2.86. The molecule has 0 bridgehead atoms. The summed E-state index contributed by atoms with van der Waals surface area (Å²) in [6.07, 6.45) is 0.871. The van der Waals surface area contributed by atoms with Gasteiger partial charge in [-0.15, -0.1) is 0 Å². The lowest BCUT2D eigenvalue weighted by Gasteiger charge is -2.12. The summed E-state index contributed by atoms with van der Waals surface area (Å²) >= 11 is 5.90. The van der Waals surface area contributed by atoms with Crippen LogP contribution >= 0.6 is 11.6 Å². The smallest absolute Gasteiger partial charge is 0.322 e. The first-order valence-corrected chi connectivity index (χ1v) is 7.16. The molecule has 3 rings (SSSR count). The Morgan fingerprint density at radius 2 is 2.19 bits per heavy atom. The van der Waals surface area contributed by atoms with Crippen molar-refractivity contribution in [3.05, 3.63) is 35.1 Å². The summed E-state index contributed by atoms with van der Waals surface area (Å²) in [5, 5.41) is 3.31. The third kappa shape index (κ3) is 3.16. The van der Waals surface area contributed by atoms with Crippen LogP contribution in [0.2, 0.25) is 5.28 Å². The zero-order chi connectivity index (χ0) is 14.7. The van der Waals surface area contributed by atoms with Crippen molar-refractivity contribution in [2.24, 2.45) is 0 Å². The monoisotopic (exact) mass is 306 g/mol. The Morgan fingerprint density at radius 1 is 1.33 bits per heavy atom. The van der Waals surface area contributed by atoms with Gasteiger partial charge in [0.1, 0.15) is 12.4 Å². The number of para-hydroxylation sites is 1. The normalized spacial score (nSPS) is 16.2. The molecule has 1 N–H and O–H groups in total. The number of fused-ring (bicyclic) bond motifs is 1. The first-order chi connectivity index (χ1) is 10.3. The molecular weight excluding hydrogens is 292 g/mol. The van der Waals surface area contributed by atoms with Crippen molar-refractivity contribution in [1.82, 2.24) is 15.0 Å². The maximum absolute atomic E-state index is 5.90. The fourth-order valence-corrected chi connectivity index (χ4v) is 2.24. The van der Waals surface area contributed by atoms with Crippen molar-refractivity contribution in [3.63, 3.8) is 0 Å². The Morgan fingerprint density at radius 3 is 3.05 bits per heavy atom. The second-order valence-electron chi connectivity index (χ2n) is 4.60. The molecule has 1 aromatic heterocycles. The number of anilines is 1. The molecule has 21 heavy (non-hydrogen) atoms. The van der Waals surface area contributed by atoms with Crippen molar-refractivity contribution in [3.8, 4) is 11.8 Å². The van der Waals surface area contributed by atoms with Crippen molar-refractivity contribution in [2.45, 2.75) is 19.4 Å². The van der Waals surface area contributed by atoms with Crippen LogP contribution < -0.4 is 14.8 Å². The number of nitrogens with one attached hydrogen (secondary N) is 1. The van der Waals surface area contributed by atoms with Crippen LogP contribution in [-0.4, -0.2) is 28.2 Å². The molecule has 1 aliphatic heterocycles. The minimum absolute atomic E-state index is 0.0151. The fourth-order valence-electron chi connectivity index (χ4n) is 2.09. The van der Waals surface area contributed by atoms with E-state index in [0.29, 0.717) is 19.2 Å². The quantitative estimate of drug-likeness (QED) is 0.916. The maximum atomic E-state index is 5.90. The summed E-state index contributed by atoms with van der Waals surface area (Å²) in [5.41, 5.74) is 1.07. The van der Waals surface area contributed by atoms with E-state index < -0.39 is 0 Å². The largest absolute Gasteiger partial charge is 0.491 e. The van der Waals surface area contributed by atoms with Crippen molar-refractivity contribution >= 4 is 17.5 Å². The van der Waals surface area contributed by atoms with E-state index in [1.165, 1.54) is 0 Å². The molecular formula is C14H15ClN4O2. The second kappa shape index (κ2) is 6.13. The summed E-state index contributed by atoms with van der Waals surface area (Å²) in [4.78, 5) is 12.2. The van der Waals surface area contributed by atoms with Gasteiger partial charge in [0, 0.05) is 5.56 Å². The van der Waals surface area contributed by atoms with Gasteiger partial charge in [-0.3, -0.25) is 0 Å². The third-order valence-corrected chi connectivity index (χ3v) is 3.20. The summed E-state index contributed by atoms with van der Waals surface area (Å²) in [6.45, 7) is 3.07. The second-order valence-corrected chi connectivity index (χ2v) is 4.94. The Labute approximate surface area is 127 Å². The van der Waals surface area contributed by atoms with Crippen LogP contribution in [0.3, 0.4) is 0 Å². The summed E-state index contributed by atoms with van der Waals surface area (Å²) in [7, 11) is 0. The first kappa shape index (κ1) is 13.9. The van der Waals surface area contributed by atoms with Crippen LogP contribution in [0.1, 0.15) is 24.9 Å². The molecule has 1 atom stereocenters. The zero-order valence-electron chi connectivity index (χ0n) is 11.5. The molecule has 1 aliphatic rings. The fraction of sp³-hybridized carbons (Fsp3) is 0.357. The molecule has 7 heteroatoms. The lowest BCUT2D eigenvalue weighted by atomic mass is 10.1. The van der Waals surface area contributed by atoms with E-state index in [1.54, 1.807) is 0 Å². The van der Waals surface area contributed by atoms with Gasteiger partial charge in [-0.05, 0) is 24.1 Å². The SMILES string of the molecule is CCCOc1nc(Cl)nc(NC2COc3ccccc32)n1. The van der Waals surface area contributed by atoms with Gasteiger partial charge < -0.3 is 14.8 Å². The summed E-state index contributed by atoms with van der Waals surface area (Å²) in [6, 6.07) is 8.07. The number of nitrogens with zero attached hydrogens (tertiary/aromatic N) is 3. The van der Waals surface area contributed by atoms with Gasteiger partial charge in [-0.2, -0.15) is 15.0 Å². The van der Waals surface area contributed by atoms with E-state index in [2.05, 4.69) is 20.3 Å². The number of rotatable bonds is 5. The van der Waals surface area contributed by atoms with Crippen LogP contribution in [0, 0.1) is 0 Å². The highest BCUT2D eigenvalue weighted by molar-refractivity contribution is 6.28. The van der Waals surface area contributed by atoms with E-state index in [1.807, 2.05) is 31.2 Å². The van der Waals surface area contributed by atoms with Crippen LogP contribution in [0.5, 0.6) is 11.8 Å². The van der Waals surface area contributed by atoms with Crippen LogP contribution in [0.25, 0.3) is 0 Å². The number of ether oxygens (including phenoxy) is 2. The minimum Gasteiger partial charge on any atom is -0.491 e. The number of aromatic nitrogens is 3. The topological polar surface area (TPSA) is 69.2 Å². The van der Waals surface area contributed by atoms with Crippen LogP contribution in [0.15, 0.2) is 24.3 Å². The lowest BCUT2D eigenvalue weighted by molar-refractivity contribution is 0.291. The Bertz CT molecular complexity index is 638. The van der Waals surface area contributed by atoms with Gasteiger partial charge in [0.05, 0.1) is 12.6 Å². The molecule has 1 unspecified atom stereocenters. The Balaban J connectivity index is 1.78. The highest BCUT2D eigenvalue weighted by Crippen LogP contribution is 2.33. The minimum atomic E-state index is -0.0151. The molecule has 0 saturated heterocycles. The van der Waals surface area contributed by atoms with Gasteiger partial charge in [-0.1, -0.05) is 25.1 Å². The molecule has 0 amide bonds.